The second-order valence-corrected chi connectivity index (χ2v) is 9.58. The predicted octanol–water partition coefficient (Wildman–Crippen LogP) is 4.68. The number of carbonyl (C=O) groups is 1. The summed E-state index contributed by atoms with van der Waals surface area (Å²) in [5, 5.41) is 6.50. The number of fused-ring (bicyclic) bond motifs is 1. The lowest BCUT2D eigenvalue weighted by Gasteiger charge is -2.47. The minimum Gasteiger partial charge on any atom is -0.493 e. The Labute approximate surface area is 214 Å². The van der Waals surface area contributed by atoms with Gasteiger partial charge in [-0.1, -0.05) is 17.7 Å². The summed E-state index contributed by atoms with van der Waals surface area (Å²) in [6.45, 7) is 0.968. The summed E-state index contributed by atoms with van der Waals surface area (Å²) in [4.78, 5) is 23.1. The molecule has 0 radical (unpaired) electrons. The van der Waals surface area contributed by atoms with Crippen LogP contribution in [0.3, 0.4) is 0 Å². The summed E-state index contributed by atoms with van der Waals surface area (Å²) in [6, 6.07) is 8.79. The van der Waals surface area contributed by atoms with Crippen molar-refractivity contribution in [2.24, 2.45) is 0 Å². The average Bonchev–Trinajstić information content (AvgIpc) is 2.87. The summed E-state index contributed by atoms with van der Waals surface area (Å²) in [7, 11) is 3.29. The van der Waals surface area contributed by atoms with Crippen molar-refractivity contribution in [2.75, 3.05) is 26.0 Å². The largest absolute Gasteiger partial charge is 0.493 e. The van der Waals surface area contributed by atoms with E-state index < -0.39 is 5.82 Å². The second-order valence-electron chi connectivity index (χ2n) is 9.17. The van der Waals surface area contributed by atoms with E-state index in [0.29, 0.717) is 34.3 Å². The molecule has 2 heterocycles. The van der Waals surface area contributed by atoms with Gasteiger partial charge >= 0.3 is 0 Å². The number of benzene rings is 2. The van der Waals surface area contributed by atoms with Gasteiger partial charge in [0.25, 0.3) is 0 Å². The quantitative estimate of drug-likeness (QED) is 0.474. The molecule has 0 spiro atoms. The molecule has 1 aliphatic carbocycles. The van der Waals surface area contributed by atoms with Gasteiger partial charge in [-0.05, 0) is 50.3 Å². The number of carbonyl (C=O) groups excluding carboxylic acids is 1. The van der Waals surface area contributed by atoms with Crippen molar-refractivity contribution in [3.05, 3.63) is 47.5 Å². The molecule has 1 atom stereocenters. The van der Waals surface area contributed by atoms with Gasteiger partial charge in [-0.2, -0.15) is 0 Å². The maximum atomic E-state index is 14.5. The fraction of sp³-hybridized carbons (Fsp3) is 0.423. The van der Waals surface area contributed by atoms with Crippen LogP contribution < -0.4 is 20.1 Å². The summed E-state index contributed by atoms with van der Waals surface area (Å²) in [6.07, 6.45) is 6.06. The smallest absolute Gasteiger partial charge is 0.237 e. The summed E-state index contributed by atoms with van der Waals surface area (Å²) >= 11 is 5.94. The first-order valence-electron chi connectivity index (χ1n) is 12.2. The normalized spacial score (nSPS) is 22.1. The summed E-state index contributed by atoms with van der Waals surface area (Å²) in [5.74, 6) is 1.16. The van der Waals surface area contributed by atoms with Gasteiger partial charge in [-0.3, -0.25) is 9.69 Å². The highest BCUT2D eigenvalue weighted by molar-refractivity contribution is 6.31. The minimum absolute atomic E-state index is 0.00620. The molecule has 36 heavy (non-hydrogen) atoms. The van der Waals surface area contributed by atoms with Gasteiger partial charge < -0.3 is 20.1 Å². The van der Waals surface area contributed by atoms with E-state index in [4.69, 9.17) is 21.1 Å². The van der Waals surface area contributed by atoms with Gasteiger partial charge in [0.05, 0.1) is 35.5 Å². The number of ether oxygens (including phenoxy) is 2. The molecule has 1 amide bonds. The van der Waals surface area contributed by atoms with Crippen molar-refractivity contribution in [1.82, 2.24) is 20.2 Å². The molecule has 8 nitrogen and oxygen atoms in total. The first-order chi connectivity index (χ1) is 17.5. The maximum Gasteiger partial charge on any atom is 0.237 e. The lowest BCUT2D eigenvalue weighted by Crippen LogP contribution is -2.60. The molecule has 0 bridgehead atoms. The van der Waals surface area contributed by atoms with Crippen LogP contribution >= 0.6 is 11.6 Å². The zero-order valence-corrected chi connectivity index (χ0v) is 21.0. The molecule has 2 fully saturated rings. The predicted molar refractivity (Wildman–Crippen MR) is 137 cm³/mol. The molecule has 1 aromatic heterocycles. The van der Waals surface area contributed by atoms with Crippen molar-refractivity contribution in [3.63, 3.8) is 0 Å². The number of rotatable bonds is 7. The highest BCUT2D eigenvalue weighted by atomic mass is 35.5. The van der Waals surface area contributed by atoms with Crippen LogP contribution in [0.25, 0.3) is 10.9 Å². The highest BCUT2D eigenvalue weighted by Gasteiger charge is 2.39. The first-order valence-corrected chi connectivity index (χ1v) is 12.5. The molecule has 2 N–H and O–H groups in total. The van der Waals surface area contributed by atoms with E-state index >= 15 is 0 Å². The lowest BCUT2D eigenvalue weighted by molar-refractivity contribution is -0.133. The lowest BCUT2D eigenvalue weighted by atomic mass is 9.87. The van der Waals surface area contributed by atoms with Crippen LogP contribution in [0.2, 0.25) is 5.02 Å². The van der Waals surface area contributed by atoms with Crippen molar-refractivity contribution in [3.8, 4) is 11.5 Å². The number of nitrogens with one attached hydrogen (secondary N) is 2. The van der Waals surface area contributed by atoms with Crippen LogP contribution in [0, 0.1) is 5.82 Å². The molecule has 10 heteroatoms. The van der Waals surface area contributed by atoms with Crippen molar-refractivity contribution < 1.29 is 18.7 Å². The Bertz CT molecular complexity index is 1270. The molecule has 2 aromatic carbocycles. The van der Waals surface area contributed by atoms with E-state index in [2.05, 4.69) is 25.5 Å². The standard InChI is InChI=1S/C26H29ClFN5O3/c1-29-26(34)21-10-11-33(21)15-6-8-16(9-7-15)36-23-12-17-20(13-22(23)35-2)30-14-31-25(17)32-19-5-3-4-18(27)24(19)28/h3-5,12-16,21H,6-11H2,1-2H3,(H,29,34)(H,30,31,32)/t15-,16+,21-/m0/s1. The molecule has 190 valence electrons. The molecule has 1 saturated carbocycles. The molecule has 3 aromatic rings. The van der Waals surface area contributed by atoms with Crippen LogP contribution in [-0.4, -0.2) is 59.7 Å². The first kappa shape index (κ1) is 24.5. The Morgan fingerprint density at radius 1 is 1.14 bits per heavy atom. The number of halogens is 2. The molecule has 2 aliphatic rings. The number of amides is 1. The number of aromatic nitrogens is 2. The molecule has 5 rings (SSSR count). The molecular weight excluding hydrogens is 485 g/mol. The Hall–Kier alpha value is -3.17. The number of likely N-dealkylation sites (tertiary alicyclic amines) is 1. The summed E-state index contributed by atoms with van der Waals surface area (Å²) in [5.41, 5.74) is 0.862. The zero-order valence-electron chi connectivity index (χ0n) is 20.3. The van der Waals surface area contributed by atoms with Gasteiger partial charge in [0.1, 0.15) is 12.1 Å². The number of methoxy groups -OCH3 is 1. The Morgan fingerprint density at radius 3 is 2.64 bits per heavy atom. The van der Waals surface area contributed by atoms with Gasteiger partial charge in [0, 0.05) is 31.1 Å². The monoisotopic (exact) mass is 513 g/mol. The van der Waals surface area contributed by atoms with E-state index in [1.807, 2.05) is 6.07 Å². The average molecular weight is 514 g/mol. The third-order valence-corrected chi connectivity index (χ3v) is 7.43. The van der Waals surface area contributed by atoms with Crippen molar-refractivity contribution >= 4 is 39.9 Å². The molecule has 1 aliphatic heterocycles. The van der Waals surface area contributed by atoms with Gasteiger partial charge in [-0.25, -0.2) is 14.4 Å². The van der Waals surface area contributed by atoms with Gasteiger partial charge in [0.2, 0.25) is 5.91 Å². The van der Waals surface area contributed by atoms with E-state index in [0.717, 1.165) is 38.6 Å². The Balaban J connectivity index is 1.33. The fourth-order valence-electron chi connectivity index (χ4n) is 5.11. The van der Waals surface area contributed by atoms with Crippen LogP contribution in [0.15, 0.2) is 36.7 Å². The van der Waals surface area contributed by atoms with E-state index in [1.54, 1.807) is 32.4 Å². The van der Waals surface area contributed by atoms with Gasteiger partial charge in [0.15, 0.2) is 17.3 Å². The Morgan fingerprint density at radius 2 is 1.94 bits per heavy atom. The second kappa shape index (κ2) is 10.4. The number of hydrogen-bond donors (Lipinski definition) is 2. The van der Waals surface area contributed by atoms with Gasteiger partial charge in [-0.15, -0.1) is 0 Å². The fourth-order valence-corrected chi connectivity index (χ4v) is 5.28. The number of likely N-dealkylation sites (N-methyl/N-ethyl adjacent to an activating group) is 1. The third-order valence-electron chi connectivity index (χ3n) is 7.14. The number of nitrogens with zero attached hydrogens (tertiary/aromatic N) is 3. The number of hydrogen-bond acceptors (Lipinski definition) is 7. The SMILES string of the molecule is CNC(=O)[C@@H]1CCN1[C@H]1CC[C@@H](Oc2cc3c(Nc4cccc(Cl)c4F)ncnc3cc2OC)CC1. The zero-order chi connectivity index (χ0) is 25.2. The van der Waals surface area contributed by atoms with E-state index in [9.17, 15) is 9.18 Å². The topological polar surface area (TPSA) is 88.6 Å². The van der Waals surface area contributed by atoms with Crippen molar-refractivity contribution in [2.45, 2.75) is 50.3 Å². The van der Waals surface area contributed by atoms with Crippen LogP contribution in [0.5, 0.6) is 11.5 Å². The van der Waals surface area contributed by atoms with Crippen LogP contribution in [0.1, 0.15) is 32.1 Å². The van der Waals surface area contributed by atoms with Crippen LogP contribution in [0.4, 0.5) is 15.9 Å². The van der Waals surface area contributed by atoms with Crippen LogP contribution in [-0.2, 0) is 4.79 Å². The van der Waals surface area contributed by atoms with Crippen molar-refractivity contribution in [1.29, 1.82) is 0 Å². The van der Waals surface area contributed by atoms with E-state index in [-0.39, 0.29) is 28.8 Å². The van der Waals surface area contributed by atoms with E-state index in [1.165, 1.54) is 12.4 Å². The minimum atomic E-state index is -0.548. The number of anilines is 2. The third kappa shape index (κ3) is 4.77. The maximum absolute atomic E-state index is 14.5. The summed E-state index contributed by atoms with van der Waals surface area (Å²) < 4.78 is 26.5. The Kier molecular flexibility index (Phi) is 7.11. The molecule has 0 unspecified atom stereocenters. The molecular formula is C26H29ClFN5O3. The highest BCUT2D eigenvalue weighted by Crippen LogP contribution is 2.38. The molecule has 1 saturated heterocycles.